The third-order valence-electron chi connectivity index (χ3n) is 3.58. The van der Waals surface area contributed by atoms with Gasteiger partial charge in [0, 0.05) is 6.54 Å². The number of benzene rings is 2. The van der Waals surface area contributed by atoms with Gasteiger partial charge in [-0.15, -0.1) is 0 Å². The molecule has 2 aromatic carbocycles. The Kier molecular flexibility index (Phi) is 6.10. The Morgan fingerprint density at radius 2 is 1.81 bits per heavy atom. The molecule has 0 heterocycles. The van der Waals surface area contributed by atoms with E-state index in [1.807, 2.05) is 45.0 Å². The summed E-state index contributed by atoms with van der Waals surface area (Å²) in [6, 6.07) is 10.8. The van der Waals surface area contributed by atoms with Crippen LogP contribution in [0.3, 0.4) is 0 Å². The molecule has 0 spiro atoms. The van der Waals surface area contributed by atoms with E-state index in [0.29, 0.717) is 6.61 Å². The molecule has 0 unspecified atom stereocenters. The van der Waals surface area contributed by atoms with Crippen molar-refractivity contribution in [3.63, 3.8) is 0 Å². The number of hydrogen-bond acceptors (Lipinski definition) is 3. The molecule has 1 amide bonds. The van der Waals surface area contributed by atoms with E-state index < -0.39 is 17.7 Å². The maximum atomic E-state index is 13.9. The van der Waals surface area contributed by atoms with E-state index in [0.717, 1.165) is 17.2 Å². The van der Waals surface area contributed by atoms with E-state index >= 15 is 0 Å². The molecule has 5 nitrogen and oxygen atoms in total. The predicted octanol–water partition coefficient (Wildman–Crippen LogP) is 3.77. The first-order valence-electron chi connectivity index (χ1n) is 8.18. The lowest BCUT2D eigenvalue weighted by atomic mass is 10.1. The van der Waals surface area contributed by atoms with Crippen LogP contribution in [0, 0.1) is 5.82 Å². The number of ether oxygens (including phenoxy) is 1. The summed E-state index contributed by atoms with van der Waals surface area (Å²) in [4.78, 5) is 23.0. The number of amides is 1. The standard InChI is InChI=1S/C20H22FNO4/c1-20(2,3)26-12-14-6-4-5-13(9-14)11-22-18(23)16-8-7-15(19(24)25)10-17(16)21/h4-10H,11-12H2,1-3H3,(H,22,23)(H,24,25). The molecular weight excluding hydrogens is 337 g/mol. The highest BCUT2D eigenvalue weighted by molar-refractivity contribution is 5.96. The molecule has 0 bridgehead atoms. The molecule has 6 heteroatoms. The minimum atomic E-state index is -1.25. The minimum absolute atomic E-state index is 0.192. The highest BCUT2D eigenvalue weighted by Gasteiger charge is 2.14. The number of hydrogen-bond donors (Lipinski definition) is 2. The van der Waals surface area contributed by atoms with Gasteiger partial charge in [0.2, 0.25) is 0 Å². The van der Waals surface area contributed by atoms with Gasteiger partial charge >= 0.3 is 5.97 Å². The van der Waals surface area contributed by atoms with Crippen molar-refractivity contribution in [1.82, 2.24) is 5.32 Å². The Bertz CT molecular complexity index is 812. The van der Waals surface area contributed by atoms with Gasteiger partial charge in [-0.1, -0.05) is 24.3 Å². The fraction of sp³-hybridized carbons (Fsp3) is 0.300. The van der Waals surface area contributed by atoms with Crippen molar-refractivity contribution in [3.8, 4) is 0 Å². The maximum absolute atomic E-state index is 13.9. The van der Waals surface area contributed by atoms with Gasteiger partial charge in [0.25, 0.3) is 5.91 Å². The Morgan fingerprint density at radius 3 is 2.42 bits per heavy atom. The molecule has 138 valence electrons. The molecule has 0 aromatic heterocycles. The average molecular weight is 359 g/mol. The molecule has 0 radical (unpaired) electrons. The molecule has 0 aliphatic carbocycles. The van der Waals surface area contributed by atoms with Gasteiger partial charge in [0.1, 0.15) is 5.82 Å². The molecule has 0 saturated carbocycles. The monoisotopic (exact) mass is 359 g/mol. The SMILES string of the molecule is CC(C)(C)OCc1cccc(CNC(=O)c2ccc(C(=O)O)cc2F)c1. The number of halogens is 1. The van der Waals surface area contributed by atoms with Crippen molar-refractivity contribution in [3.05, 3.63) is 70.5 Å². The summed E-state index contributed by atoms with van der Waals surface area (Å²) in [7, 11) is 0. The first kappa shape index (κ1) is 19.6. The maximum Gasteiger partial charge on any atom is 0.335 e. The molecule has 0 fully saturated rings. The zero-order valence-electron chi connectivity index (χ0n) is 15.0. The van der Waals surface area contributed by atoms with E-state index in [1.165, 1.54) is 12.1 Å². The van der Waals surface area contributed by atoms with Crippen molar-refractivity contribution in [2.75, 3.05) is 0 Å². The Balaban J connectivity index is 2.00. The van der Waals surface area contributed by atoms with Crippen LogP contribution in [0.2, 0.25) is 0 Å². The zero-order valence-corrected chi connectivity index (χ0v) is 15.0. The van der Waals surface area contributed by atoms with Crippen LogP contribution in [-0.2, 0) is 17.9 Å². The van der Waals surface area contributed by atoms with E-state index in [4.69, 9.17) is 9.84 Å². The van der Waals surface area contributed by atoms with E-state index in [-0.39, 0.29) is 23.3 Å². The van der Waals surface area contributed by atoms with Crippen LogP contribution < -0.4 is 5.32 Å². The van der Waals surface area contributed by atoms with Crippen LogP contribution in [0.5, 0.6) is 0 Å². The average Bonchev–Trinajstić information content (AvgIpc) is 2.57. The molecule has 0 aliphatic rings. The van der Waals surface area contributed by atoms with Gasteiger partial charge in [-0.3, -0.25) is 4.79 Å². The van der Waals surface area contributed by atoms with Crippen molar-refractivity contribution in [2.24, 2.45) is 0 Å². The number of aromatic carboxylic acids is 1. The Morgan fingerprint density at radius 1 is 1.12 bits per heavy atom. The summed E-state index contributed by atoms with van der Waals surface area (Å²) in [5.74, 6) is -2.71. The first-order valence-corrected chi connectivity index (χ1v) is 8.18. The minimum Gasteiger partial charge on any atom is -0.478 e. The van der Waals surface area contributed by atoms with E-state index in [9.17, 15) is 14.0 Å². The molecule has 2 aromatic rings. The second kappa shape index (κ2) is 8.10. The molecule has 2 rings (SSSR count). The first-order chi connectivity index (χ1) is 12.2. The molecule has 0 saturated heterocycles. The van der Waals surface area contributed by atoms with Gasteiger partial charge in [-0.05, 0) is 50.1 Å². The largest absolute Gasteiger partial charge is 0.478 e. The normalized spacial score (nSPS) is 11.2. The Labute approximate surface area is 151 Å². The number of rotatable bonds is 6. The number of carboxylic acids is 1. The van der Waals surface area contributed by atoms with Crippen LogP contribution in [-0.4, -0.2) is 22.6 Å². The summed E-state index contributed by atoms with van der Waals surface area (Å²) in [5.41, 5.74) is 1.19. The topological polar surface area (TPSA) is 75.6 Å². The highest BCUT2D eigenvalue weighted by Crippen LogP contribution is 2.14. The summed E-state index contributed by atoms with van der Waals surface area (Å²) in [5, 5.41) is 11.5. The second-order valence-corrected chi connectivity index (χ2v) is 6.90. The van der Waals surface area contributed by atoms with E-state index in [2.05, 4.69) is 5.32 Å². The number of carbonyl (C=O) groups is 2. The second-order valence-electron chi connectivity index (χ2n) is 6.90. The number of carbonyl (C=O) groups excluding carboxylic acids is 1. The van der Waals surface area contributed by atoms with Gasteiger partial charge in [0.05, 0.1) is 23.3 Å². The van der Waals surface area contributed by atoms with Crippen molar-refractivity contribution < 1.29 is 23.8 Å². The molecule has 0 atom stereocenters. The molecule has 26 heavy (non-hydrogen) atoms. The van der Waals surface area contributed by atoms with Crippen LogP contribution in [0.1, 0.15) is 52.6 Å². The van der Waals surface area contributed by atoms with Gasteiger partial charge in [-0.25, -0.2) is 9.18 Å². The lowest BCUT2D eigenvalue weighted by Gasteiger charge is -2.19. The van der Waals surface area contributed by atoms with Gasteiger partial charge in [-0.2, -0.15) is 0 Å². The van der Waals surface area contributed by atoms with Gasteiger partial charge < -0.3 is 15.2 Å². The van der Waals surface area contributed by atoms with Crippen molar-refractivity contribution >= 4 is 11.9 Å². The summed E-state index contributed by atoms with van der Waals surface area (Å²) in [6.07, 6.45) is 0. The van der Waals surface area contributed by atoms with Crippen LogP contribution in [0.25, 0.3) is 0 Å². The van der Waals surface area contributed by atoms with Gasteiger partial charge in [0.15, 0.2) is 0 Å². The summed E-state index contributed by atoms with van der Waals surface area (Å²) in [6.45, 7) is 6.60. The molecule has 2 N–H and O–H groups in total. The predicted molar refractivity (Wildman–Crippen MR) is 95.5 cm³/mol. The zero-order chi connectivity index (χ0) is 19.3. The fourth-order valence-electron chi connectivity index (χ4n) is 2.24. The van der Waals surface area contributed by atoms with Crippen LogP contribution >= 0.6 is 0 Å². The number of carboxylic acid groups (broad SMARTS) is 1. The fourth-order valence-corrected chi connectivity index (χ4v) is 2.24. The third-order valence-corrected chi connectivity index (χ3v) is 3.58. The Hall–Kier alpha value is -2.73. The van der Waals surface area contributed by atoms with Crippen molar-refractivity contribution in [2.45, 2.75) is 39.5 Å². The number of nitrogens with one attached hydrogen (secondary N) is 1. The molecule has 0 aliphatic heterocycles. The lowest BCUT2D eigenvalue weighted by Crippen LogP contribution is -2.24. The third kappa shape index (κ3) is 5.67. The van der Waals surface area contributed by atoms with E-state index in [1.54, 1.807) is 0 Å². The summed E-state index contributed by atoms with van der Waals surface area (Å²) >= 11 is 0. The quantitative estimate of drug-likeness (QED) is 0.823. The lowest BCUT2D eigenvalue weighted by molar-refractivity contribution is -0.0149. The van der Waals surface area contributed by atoms with Crippen LogP contribution in [0.15, 0.2) is 42.5 Å². The van der Waals surface area contributed by atoms with Crippen LogP contribution in [0.4, 0.5) is 4.39 Å². The molecular formula is C20H22FNO4. The smallest absolute Gasteiger partial charge is 0.335 e. The van der Waals surface area contributed by atoms with Crippen molar-refractivity contribution in [1.29, 1.82) is 0 Å². The highest BCUT2D eigenvalue weighted by atomic mass is 19.1. The summed E-state index contributed by atoms with van der Waals surface area (Å²) < 4.78 is 19.6.